The minimum atomic E-state index is -2.36. The van der Waals surface area contributed by atoms with Crippen molar-refractivity contribution in [2.24, 2.45) is 23.7 Å². The van der Waals surface area contributed by atoms with E-state index < -0.39 is 8.32 Å². The van der Waals surface area contributed by atoms with E-state index in [4.69, 9.17) is 4.43 Å². The van der Waals surface area contributed by atoms with Crippen LogP contribution >= 0.6 is 11.8 Å². The smallest absolute Gasteiger partial charge is 0.261 e. The van der Waals surface area contributed by atoms with Crippen molar-refractivity contribution in [1.82, 2.24) is 0 Å². The van der Waals surface area contributed by atoms with Crippen molar-refractivity contribution in [3.8, 4) is 0 Å². The van der Waals surface area contributed by atoms with E-state index >= 15 is 0 Å². The Kier molecular flexibility index (Phi) is 6.29. The predicted molar refractivity (Wildman–Crippen MR) is 130 cm³/mol. The highest BCUT2D eigenvalue weighted by Gasteiger charge is 2.51. The molecule has 0 N–H and O–H groups in total. The van der Waals surface area contributed by atoms with Gasteiger partial charge in [0.25, 0.3) is 8.32 Å². The van der Waals surface area contributed by atoms with Gasteiger partial charge in [0, 0.05) is 6.61 Å². The van der Waals surface area contributed by atoms with E-state index in [2.05, 4.69) is 100 Å². The molecule has 0 saturated heterocycles. The Balaban J connectivity index is 1.48. The molecular formula is C26H36OSSi. The van der Waals surface area contributed by atoms with E-state index in [1.165, 1.54) is 34.7 Å². The molecule has 2 aliphatic rings. The summed E-state index contributed by atoms with van der Waals surface area (Å²) < 4.78 is 7.11. The summed E-state index contributed by atoms with van der Waals surface area (Å²) >= 11 is 2.19. The van der Waals surface area contributed by atoms with Crippen LogP contribution in [0.2, 0.25) is 5.04 Å². The van der Waals surface area contributed by atoms with E-state index in [0.717, 1.165) is 30.3 Å². The van der Waals surface area contributed by atoms with Crippen LogP contribution in [0.4, 0.5) is 0 Å². The second-order valence-electron chi connectivity index (χ2n) is 10.2. The molecule has 0 radical (unpaired) electrons. The van der Waals surface area contributed by atoms with Gasteiger partial charge in [-0.1, -0.05) is 88.4 Å². The molecule has 2 aromatic rings. The van der Waals surface area contributed by atoms with E-state index in [-0.39, 0.29) is 5.04 Å². The maximum absolute atomic E-state index is 7.11. The van der Waals surface area contributed by atoms with Gasteiger partial charge in [0.1, 0.15) is 0 Å². The standard InChI is InChI=1S/C26H36OSSi/c1-20-15-22(20)18-28-19-23-16-21(23)17-27-29(26(2,3)4,24-11-7-5-8-12-24)25-13-9-6-10-14-25/h5-14,20-23H,15-19H2,1-4H3/t20-,21-,22+,23-/m0/s1. The normalized spacial score (nSPS) is 26.3. The number of benzene rings is 2. The molecule has 3 heteroatoms. The molecule has 2 aliphatic carbocycles. The first kappa shape index (κ1) is 21.2. The van der Waals surface area contributed by atoms with Crippen LogP contribution in [0.15, 0.2) is 60.7 Å². The van der Waals surface area contributed by atoms with Crippen molar-refractivity contribution in [3.63, 3.8) is 0 Å². The van der Waals surface area contributed by atoms with Gasteiger partial charge < -0.3 is 4.43 Å². The molecule has 0 heterocycles. The molecule has 2 fully saturated rings. The van der Waals surface area contributed by atoms with Crippen molar-refractivity contribution < 1.29 is 4.43 Å². The third kappa shape index (κ3) is 4.67. The molecule has 1 nitrogen and oxygen atoms in total. The van der Waals surface area contributed by atoms with E-state index in [1.807, 2.05) is 0 Å². The zero-order chi connectivity index (χ0) is 20.5. The average molecular weight is 425 g/mol. The molecule has 2 saturated carbocycles. The van der Waals surface area contributed by atoms with E-state index in [9.17, 15) is 0 Å². The molecule has 4 rings (SSSR count). The monoisotopic (exact) mass is 424 g/mol. The fourth-order valence-electron chi connectivity index (χ4n) is 4.71. The van der Waals surface area contributed by atoms with Crippen LogP contribution in [-0.2, 0) is 4.43 Å². The predicted octanol–water partition coefficient (Wildman–Crippen LogP) is 5.59. The van der Waals surface area contributed by atoms with Gasteiger partial charge in [-0.15, -0.1) is 0 Å². The van der Waals surface area contributed by atoms with Gasteiger partial charge in [-0.2, -0.15) is 11.8 Å². The Labute approximate surface area is 182 Å². The Hall–Kier alpha value is -1.03. The summed E-state index contributed by atoms with van der Waals surface area (Å²) in [5.74, 6) is 6.31. The molecule has 2 aromatic carbocycles. The first-order valence-electron chi connectivity index (χ1n) is 11.2. The summed E-state index contributed by atoms with van der Waals surface area (Å²) in [4.78, 5) is 0. The Morgan fingerprint density at radius 1 is 0.828 bits per heavy atom. The van der Waals surface area contributed by atoms with Crippen molar-refractivity contribution in [2.75, 3.05) is 18.1 Å². The fourth-order valence-corrected chi connectivity index (χ4v) is 10.9. The first-order chi connectivity index (χ1) is 13.9. The van der Waals surface area contributed by atoms with Crippen LogP contribution in [0.5, 0.6) is 0 Å². The minimum absolute atomic E-state index is 0.0803. The topological polar surface area (TPSA) is 9.23 Å². The third-order valence-corrected chi connectivity index (χ3v) is 13.3. The lowest BCUT2D eigenvalue weighted by Crippen LogP contribution is -2.66. The van der Waals surface area contributed by atoms with Gasteiger partial charge in [0.2, 0.25) is 0 Å². The Morgan fingerprint density at radius 3 is 1.83 bits per heavy atom. The van der Waals surface area contributed by atoms with Crippen LogP contribution in [0, 0.1) is 23.7 Å². The van der Waals surface area contributed by atoms with Crippen LogP contribution < -0.4 is 10.4 Å². The van der Waals surface area contributed by atoms with Crippen molar-refractivity contribution in [3.05, 3.63) is 60.7 Å². The molecule has 0 aliphatic heterocycles. The molecular weight excluding hydrogens is 388 g/mol. The molecule has 0 amide bonds. The quantitative estimate of drug-likeness (QED) is 0.485. The van der Waals surface area contributed by atoms with Gasteiger partial charge in [0.05, 0.1) is 0 Å². The largest absolute Gasteiger partial charge is 0.407 e. The molecule has 156 valence electrons. The van der Waals surface area contributed by atoms with Gasteiger partial charge in [-0.05, 0) is 63.4 Å². The second kappa shape index (κ2) is 8.61. The van der Waals surface area contributed by atoms with E-state index in [0.29, 0.717) is 0 Å². The Morgan fingerprint density at radius 2 is 1.34 bits per heavy atom. The zero-order valence-electron chi connectivity index (χ0n) is 18.4. The number of rotatable bonds is 9. The third-order valence-electron chi connectivity index (χ3n) is 6.94. The summed E-state index contributed by atoms with van der Waals surface area (Å²) in [6.07, 6.45) is 2.81. The lowest BCUT2D eigenvalue weighted by molar-refractivity contribution is 0.276. The van der Waals surface area contributed by atoms with Crippen LogP contribution in [0.1, 0.15) is 40.5 Å². The molecule has 4 atom stereocenters. The first-order valence-corrected chi connectivity index (χ1v) is 14.3. The average Bonchev–Trinajstić information content (AvgIpc) is 3.62. The zero-order valence-corrected chi connectivity index (χ0v) is 20.3. The van der Waals surface area contributed by atoms with Gasteiger partial charge >= 0.3 is 0 Å². The second-order valence-corrected chi connectivity index (χ2v) is 15.6. The summed E-state index contributed by atoms with van der Waals surface area (Å²) in [6.45, 7) is 10.4. The van der Waals surface area contributed by atoms with Gasteiger partial charge in [-0.3, -0.25) is 0 Å². The summed E-state index contributed by atoms with van der Waals surface area (Å²) in [6, 6.07) is 22.1. The van der Waals surface area contributed by atoms with Crippen LogP contribution in [0.25, 0.3) is 0 Å². The van der Waals surface area contributed by atoms with Crippen molar-refractivity contribution >= 4 is 30.5 Å². The molecule has 0 bridgehead atoms. The molecule has 0 spiro atoms. The maximum atomic E-state index is 7.11. The summed E-state index contributed by atoms with van der Waals surface area (Å²) in [5, 5.41) is 2.87. The minimum Gasteiger partial charge on any atom is -0.407 e. The number of hydrogen-bond donors (Lipinski definition) is 0. The van der Waals surface area contributed by atoms with Crippen molar-refractivity contribution in [2.45, 2.75) is 45.6 Å². The summed E-state index contributed by atoms with van der Waals surface area (Å²) in [5.41, 5.74) is 0. The van der Waals surface area contributed by atoms with Crippen LogP contribution in [-0.4, -0.2) is 26.4 Å². The van der Waals surface area contributed by atoms with E-state index in [1.54, 1.807) is 0 Å². The molecule has 29 heavy (non-hydrogen) atoms. The van der Waals surface area contributed by atoms with Crippen molar-refractivity contribution in [1.29, 1.82) is 0 Å². The SMILES string of the molecule is C[C@H]1C[C@@H]1CSC[C@@H]1C[C@H]1CO[Si](c1ccccc1)(c1ccccc1)C(C)(C)C. The highest BCUT2D eigenvalue weighted by Crippen LogP contribution is 2.46. The highest BCUT2D eigenvalue weighted by atomic mass is 32.2. The van der Waals surface area contributed by atoms with Gasteiger partial charge in [-0.25, -0.2) is 0 Å². The van der Waals surface area contributed by atoms with Crippen LogP contribution in [0.3, 0.4) is 0 Å². The maximum Gasteiger partial charge on any atom is 0.261 e. The van der Waals surface area contributed by atoms with Gasteiger partial charge in [0.15, 0.2) is 0 Å². The fraction of sp³-hybridized carbons (Fsp3) is 0.538. The number of thioether (sulfide) groups is 1. The highest BCUT2D eigenvalue weighted by molar-refractivity contribution is 7.99. The lowest BCUT2D eigenvalue weighted by Gasteiger charge is -2.43. The Bertz CT molecular complexity index is 746. The number of hydrogen-bond acceptors (Lipinski definition) is 2. The molecule has 0 unspecified atom stereocenters. The lowest BCUT2D eigenvalue weighted by atomic mass is 10.2. The summed E-state index contributed by atoms with van der Waals surface area (Å²) in [7, 11) is -2.36. The molecule has 0 aromatic heterocycles.